The molecule has 0 saturated carbocycles. The van der Waals surface area contributed by atoms with Gasteiger partial charge in [0.15, 0.2) is 0 Å². The van der Waals surface area contributed by atoms with Crippen LogP contribution in [0.3, 0.4) is 0 Å². The highest BCUT2D eigenvalue weighted by molar-refractivity contribution is 5.86. The third-order valence-corrected chi connectivity index (χ3v) is 5.05. The zero-order chi connectivity index (χ0) is 14.8. The van der Waals surface area contributed by atoms with Crippen molar-refractivity contribution in [1.29, 1.82) is 0 Å². The fourth-order valence-electron chi connectivity index (χ4n) is 3.56. The van der Waals surface area contributed by atoms with E-state index >= 15 is 0 Å². The van der Waals surface area contributed by atoms with E-state index in [-0.39, 0.29) is 0 Å². The van der Waals surface area contributed by atoms with Crippen LogP contribution in [-0.2, 0) is 0 Å². The van der Waals surface area contributed by atoms with Gasteiger partial charge in [0.05, 0.1) is 0 Å². The van der Waals surface area contributed by atoms with Crippen LogP contribution in [0.1, 0.15) is 25.5 Å². The Labute approximate surface area is 128 Å². The van der Waals surface area contributed by atoms with E-state index in [1.165, 1.54) is 29.4 Å². The second kappa shape index (κ2) is 6.17. The van der Waals surface area contributed by atoms with Crippen LogP contribution < -0.4 is 5.32 Å². The molecule has 1 heterocycles. The molecule has 2 aromatic carbocycles. The Balaban J connectivity index is 1.85. The number of hydrogen-bond donors (Lipinski definition) is 1. The molecule has 2 aromatic rings. The number of nitrogens with one attached hydrogen (secondary N) is 1. The van der Waals surface area contributed by atoms with Crippen LogP contribution in [0.4, 0.5) is 0 Å². The molecule has 0 aliphatic carbocycles. The standard InChI is InChI=1S/C19H26N2/c1-14-11-21(12-15(14)2)13-19(20-3)18-10-6-8-16-7-4-5-9-17(16)18/h4-10,14-15,19-20H,11-13H2,1-3H3. The van der Waals surface area contributed by atoms with Crippen LogP contribution >= 0.6 is 0 Å². The maximum atomic E-state index is 3.53. The van der Waals surface area contributed by atoms with E-state index in [2.05, 4.69) is 73.6 Å². The highest BCUT2D eigenvalue weighted by Gasteiger charge is 2.27. The van der Waals surface area contributed by atoms with E-state index < -0.39 is 0 Å². The Kier molecular flexibility index (Phi) is 4.27. The van der Waals surface area contributed by atoms with Gasteiger partial charge in [-0.1, -0.05) is 56.3 Å². The molecule has 0 spiro atoms. The Hall–Kier alpha value is -1.38. The van der Waals surface area contributed by atoms with Crippen LogP contribution in [0.15, 0.2) is 42.5 Å². The third-order valence-electron chi connectivity index (χ3n) is 5.05. The number of rotatable bonds is 4. The summed E-state index contributed by atoms with van der Waals surface area (Å²) in [6.07, 6.45) is 0. The van der Waals surface area contributed by atoms with Crippen molar-refractivity contribution in [3.8, 4) is 0 Å². The van der Waals surface area contributed by atoms with Crippen LogP contribution in [0.25, 0.3) is 10.8 Å². The van der Waals surface area contributed by atoms with Gasteiger partial charge in [0.2, 0.25) is 0 Å². The molecule has 1 N–H and O–H groups in total. The molecule has 1 saturated heterocycles. The average Bonchev–Trinajstić information content (AvgIpc) is 2.82. The first-order valence-corrected chi connectivity index (χ1v) is 8.06. The van der Waals surface area contributed by atoms with Crippen molar-refractivity contribution in [3.05, 3.63) is 48.0 Å². The predicted octanol–water partition coefficient (Wildman–Crippen LogP) is 3.69. The van der Waals surface area contributed by atoms with Crippen LogP contribution in [0.5, 0.6) is 0 Å². The van der Waals surface area contributed by atoms with Gasteiger partial charge in [0.1, 0.15) is 0 Å². The topological polar surface area (TPSA) is 15.3 Å². The summed E-state index contributed by atoms with van der Waals surface area (Å²) >= 11 is 0. The van der Waals surface area contributed by atoms with Crippen molar-refractivity contribution in [2.45, 2.75) is 19.9 Å². The molecule has 1 fully saturated rings. The summed E-state index contributed by atoms with van der Waals surface area (Å²) in [7, 11) is 2.08. The van der Waals surface area contributed by atoms with Crippen LogP contribution in [-0.4, -0.2) is 31.6 Å². The first kappa shape index (κ1) is 14.6. The SMILES string of the molecule is CNC(CN1CC(C)C(C)C1)c1cccc2ccccc12. The minimum atomic E-state index is 0.397. The van der Waals surface area contributed by atoms with E-state index in [1.807, 2.05) is 0 Å². The second-order valence-electron chi connectivity index (χ2n) is 6.58. The van der Waals surface area contributed by atoms with Gasteiger partial charge >= 0.3 is 0 Å². The first-order chi connectivity index (χ1) is 10.2. The number of likely N-dealkylation sites (N-methyl/N-ethyl adjacent to an activating group) is 1. The monoisotopic (exact) mass is 282 g/mol. The smallest absolute Gasteiger partial charge is 0.0453 e. The van der Waals surface area contributed by atoms with Crippen LogP contribution in [0, 0.1) is 11.8 Å². The number of hydrogen-bond acceptors (Lipinski definition) is 2. The summed E-state index contributed by atoms with van der Waals surface area (Å²) in [6.45, 7) is 8.29. The normalized spacial score (nSPS) is 24.5. The van der Waals surface area contributed by atoms with Gasteiger partial charge in [0.25, 0.3) is 0 Å². The molecule has 112 valence electrons. The lowest BCUT2D eigenvalue weighted by Gasteiger charge is -2.25. The Bertz CT molecular complexity index is 592. The van der Waals surface area contributed by atoms with Crippen molar-refractivity contribution in [3.63, 3.8) is 0 Å². The van der Waals surface area contributed by atoms with E-state index in [1.54, 1.807) is 0 Å². The fourth-order valence-corrected chi connectivity index (χ4v) is 3.56. The van der Waals surface area contributed by atoms with Crippen molar-refractivity contribution in [2.75, 3.05) is 26.7 Å². The molecule has 1 aliphatic heterocycles. The molecule has 0 amide bonds. The van der Waals surface area contributed by atoms with Gasteiger partial charge in [-0.2, -0.15) is 0 Å². The summed E-state index contributed by atoms with van der Waals surface area (Å²) in [5.74, 6) is 1.63. The largest absolute Gasteiger partial charge is 0.312 e. The second-order valence-corrected chi connectivity index (χ2v) is 6.58. The maximum Gasteiger partial charge on any atom is 0.0453 e. The molecule has 21 heavy (non-hydrogen) atoms. The van der Waals surface area contributed by atoms with Gasteiger partial charge in [-0.3, -0.25) is 0 Å². The molecule has 2 heteroatoms. The summed E-state index contributed by atoms with van der Waals surface area (Å²) in [5, 5.41) is 6.23. The molecule has 0 aromatic heterocycles. The summed E-state index contributed by atoms with van der Waals surface area (Å²) < 4.78 is 0. The molecule has 0 radical (unpaired) electrons. The molecule has 3 unspecified atom stereocenters. The van der Waals surface area contributed by atoms with E-state index in [9.17, 15) is 0 Å². The molecule has 1 aliphatic rings. The third kappa shape index (κ3) is 2.97. The fraction of sp³-hybridized carbons (Fsp3) is 0.474. The number of nitrogens with zero attached hydrogens (tertiary/aromatic N) is 1. The van der Waals surface area contributed by atoms with E-state index in [0.717, 1.165) is 18.4 Å². The molecular formula is C19H26N2. The summed E-state index contributed by atoms with van der Waals surface area (Å²) in [5.41, 5.74) is 1.42. The molecule has 0 bridgehead atoms. The zero-order valence-electron chi connectivity index (χ0n) is 13.3. The quantitative estimate of drug-likeness (QED) is 0.920. The highest BCUT2D eigenvalue weighted by atomic mass is 15.2. The van der Waals surface area contributed by atoms with Gasteiger partial charge in [-0.25, -0.2) is 0 Å². The van der Waals surface area contributed by atoms with Crippen molar-refractivity contribution in [1.82, 2.24) is 10.2 Å². The van der Waals surface area contributed by atoms with Crippen LogP contribution in [0.2, 0.25) is 0 Å². The zero-order valence-corrected chi connectivity index (χ0v) is 13.3. The minimum Gasteiger partial charge on any atom is -0.312 e. The molecule has 2 nitrogen and oxygen atoms in total. The van der Waals surface area contributed by atoms with Crippen molar-refractivity contribution < 1.29 is 0 Å². The first-order valence-electron chi connectivity index (χ1n) is 8.06. The Morgan fingerprint density at radius 1 is 1.05 bits per heavy atom. The number of benzene rings is 2. The number of likely N-dealkylation sites (tertiary alicyclic amines) is 1. The van der Waals surface area contributed by atoms with Gasteiger partial charge in [0, 0.05) is 25.7 Å². The summed E-state index contributed by atoms with van der Waals surface area (Å²) in [4.78, 5) is 2.61. The average molecular weight is 282 g/mol. The van der Waals surface area contributed by atoms with Crippen molar-refractivity contribution in [2.24, 2.45) is 11.8 Å². The highest BCUT2D eigenvalue weighted by Crippen LogP contribution is 2.28. The Morgan fingerprint density at radius 3 is 2.43 bits per heavy atom. The van der Waals surface area contributed by atoms with E-state index in [0.29, 0.717) is 6.04 Å². The van der Waals surface area contributed by atoms with Gasteiger partial charge in [-0.15, -0.1) is 0 Å². The number of fused-ring (bicyclic) bond motifs is 1. The van der Waals surface area contributed by atoms with Crippen molar-refractivity contribution >= 4 is 10.8 Å². The lowest BCUT2D eigenvalue weighted by Crippen LogP contribution is -2.32. The lowest BCUT2D eigenvalue weighted by molar-refractivity contribution is 0.288. The van der Waals surface area contributed by atoms with Gasteiger partial charge in [-0.05, 0) is 35.2 Å². The molecule has 3 atom stereocenters. The minimum absolute atomic E-state index is 0.397. The predicted molar refractivity (Wildman–Crippen MR) is 90.5 cm³/mol. The maximum absolute atomic E-state index is 3.53. The summed E-state index contributed by atoms with van der Waals surface area (Å²) in [6, 6.07) is 15.7. The molecule has 3 rings (SSSR count). The lowest BCUT2D eigenvalue weighted by atomic mass is 9.98. The van der Waals surface area contributed by atoms with Gasteiger partial charge < -0.3 is 10.2 Å². The van der Waals surface area contributed by atoms with E-state index in [4.69, 9.17) is 0 Å². The molecular weight excluding hydrogens is 256 g/mol. The Morgan fingerprint density at radius 2 is 1.71 bits per heavy atom.